The molecule has 0 saturated carbocycles. The maximum atomic E-state index is 9.10. The molecule has 1 aromatic rings. The number of aliphatic imine (C=N–C) groups is 1. The van der Waals surface area contributed by atoms with Crippen molar-refractivity contribution in [1.29, 1.82) is 0 Å². The summed E-state index contributed by atoms with van der Waals surface area (Å²) in [7, 11) is 2.00. The van der Waals surface area contributed by atoms with Crippen LogP contribution in [0.25, 0.3) is 0 Å². The molecule has 0 aromatic heterocycles. The van der Waals surface area contributed by atoms with Gasteiger partial charge in [0, 0.05) is 19.3 Å². The fourth-order valence-electron chi connectivity index (χ4n) is 1.34. The lowest BCUT2D eigenvalue weighted by Gasteiger charge is -2.15. The number of aromatic hydroxyl groups is 1. The molecule has 0 spiro atoms. The normalized spacial score (nSPS) is 15.5. The molecule has 14 heavy (non-hydrogen) atoms. The monoisotopic (exact) mass is 191 g/mol. The van der Waals surface area contributed by atoms with Gasteiger partial charge >= 0.3 is 0 Å². The van der Waals surface area contributed by atoms with Gasteiger partial charge in [-0.15, -0.1) is 0 Å². The zero-order valence-corrected chi connectivity index (χ0v) is 8.07. The van der Waals surface area contributed by atoms with Gasteiger partial charge in [-0.3, -0.25) is 4.99 Å². The molecule has 0 amide bonds. The Bertz CT molecular complexity index is 345. The summed E-state index contributed by atoms with van der Waals surface area (Å²) in [5.41, 5.74) is 0.940. The van der Waals surface area contributed by atoms with Gasteiger partial charge in [0.25, 0.3) is 0 Å². The third-order valence-corrected chi connectivity index (χ3v) is 2.18. The number of hydrogen-bond donors (Lipinski definition) is 2. The van der Waals surface area contributed by atoms with Gasteiger partial charge in [-0.05, 0) is 24.3 Å². The van der Waals surface area contributed by atoms with Crippen LogP contribution in [0, 0.1) is 0 Å². The highest BCUT2D eigenvalue weighted by Crippen LogP contribution is 2.14. The van der Waals surface area contributed by atoms with Crippen LogP contribution in [-0.2, 0) is 0 Å². The number of likely N-dealkylation sites (N-methyl/N-ethyl adjacent to an activating group) is 1. The van der Waals surface area contributed by atoms with Gasteiger partial charge < -0.3 is 15.3 Å². The Labute approximate surface area is 82.9 Å². The van der Waals surface area contributed by atoms with E-state index in [4.69, 9.17) is 5.11 Å². The minimum Gasteiger partial charge on any atom is -0.508 e. The second-order valence-electron chi connectivity index (χ2n) is 3.30. The zero-order chi connectivity index (χ0) is 9.97. The van der Waals surface area contributed by atoms with E-state index in [0.717, 1.165) is 24.7 Å². The smallest absolute Gasteiger partial charge is 0.198 e. The summed E-state index contributed by atoms with van der Waals surface area (Å²) >= 11 is 0. The Balaban J connectivity index is 2.07. The number of phenols is 1. The molecule has 0 saturated heterocycles. The van der Waals surface area contributed by atoms with Crippen molar-refractivity contribution >= 4 is 11.6 Å². The van der Waals surface area contributed by atoms with Crippen molar-refractivity contribution in [2.75, 3.05) is 25.5 Å². The first-order chi connectivity index (χ1) is 6.75. The first-order valence-electron chi connectivity index (χ1n) is 4.57. The second-order valence-corrected chi connectivity index (χ2v) is 3.30. The van der Waals surface area contributed by atoms with E-state index in [2.05, 4.69) is 15.2 Å². The number of guanidine groups is 1. The van der Waals surface area contributed by atoms with E-state index in [1.54, 1.807) is 12.1 Å². The first kappa shape index (κ1) is 8.87. The van der Waals surface area contributed by atoms with Gasteiger partial charge in [0.2, 0.25) is 0 Å². The summed E-state index contributed by atoms with van der Waals surface area (Å²) in [6.45, 7) is 1.80. The lowest BCUT2D eigenvalue weighted by molar-refractivity contribution is 0.475. The Morgan fingerprint density at radius 3 is 2.64 bits per heavy atom. The predicted octanol–water partition coefficient (Wildman–Crippen LogP) is 1.11. The van der Waals surface area contributed by atoms with Crippen molar-refractivity contribution in [2.45, 2.75) is 0 Å². The lowest BCUT2D eigenvalue weighted by atomic mass is 10.3. The predicted molar refractivity (Wildman–Crippen MR) is 56.7 cm³/mol. The zero-order valence-electron chi connectivity index (χ0n) is 8.07. The van der Waals surface area contributed by atoms with E-state index in [1.165, 1.54) is 0 Å². The number of nitrogens with one attached hydrogen (secondary N) is 1. The molecule has 4 nitrogen and oxygen atoms in total. The van der Waals surface area contributed by atoms with Gasteiger partial charge in [-0.2, -0.15) is 0 Å². The van der Waals surface area contributed by atoms with Crippen molar-refractivity contribution in [3.05, 3.63) is 24.3 Å². The average molecular weight is 191 g/mol. The summed E-state index contributed by atoms with van der Waals surface area (Å²) in [6.07, 6.45) is 0. The third-order valence-electron chi connectivity index (χ3n) is 2.18. The molecule has 1 heterocycles. The van der Waals surface area contributed by atoms with Crippen LogP contribution in [-0.4, -0.2) is 36.1 Å². The highest BCUT2D eigenvalue weighted by Gasteiger charge is 2.11. The maximum Gasteiger partial charge on any atom is 0.198 e. The molecule has 0 unspecified atom stereocenters. The van der Waals surface area contributed by atoms with E-state index in [-0.39, 0.29) is 5.75 Å². The molecule has 0 aliphatic carbocycles. The van der Waals surface area contributed by atoms with E-state index < -0.39 is 0 Å². The largest absolute Gasteiger partial charge is 0.508 e. The third kappa shape index (κ3) is 1.79. The maximum absolute atomic E-state index is 9.10. The molecule has 0 radical (unpaired) electrons. The van der Waals surface area contributed by atoms with Crippen molar-refractivity contribution in [3.8, 4) is 5.75 Å². The molecule has 0 fully saturated rings. The van der Waals surface area contributed by atoms with Crippen molar-refractivity contribution in [2.24, 2.45) is 4.99 Å². The van der Waals surface area contributed by atoms with Gasteiger partial charge in [0.1, 0.15) is 5.75 Å². The standard InChI is InChI=1S/C10H13N3O/c1-13-7-6-11-10(13)12-8-2-4-9(14)5-3-8/h2-5,14H,6-7H2,1H3,(H,11,12). The quantitative estimate of drug-likeness (QED) is 0.654. The molecule has 0 bridgehead atoms. The van der Waals surface area contributed by atoms with Crippen LogP contribution in [0.1, 0.15) is 0 Å². The number of hydrogen-bond acceptors (Lipinski definition) is 4. The van der Waals surface area contributed by atoms with Gasteiger partial charge in [-0.25, -0.2) is 0 Å². The summed E-state index contributed by atoms with van der Waals surface area (Å²) in [5.74, 6) is 1.16. The van der Waals surface area contributed by atoms with E-state index >= 15 is 0 Å². The Kier molecular flexibility index (Phi) is 2.26. The SMILES string of the molecule is CN1CCN=C1Nc1ccc(O)cc1. The highest BCUT2D eigenvalue weighted by molar-refractivity contribution is 5.94. The molecular weight excluding hydrogens is 178 g/mol. The summed E-state index contributed by atoms with van der Waals surface area (Å²) in [5, 5.41) is 12.3. The molecule has 1 aliphatic heterocycles. The molecule has 0 atom stereocenters. The Hall–Kier alpha value is -1.71. The van der Waals surface area contributed by atoms with Crippen molar-refractivity contribution in [3.63, 3.8) is 0 Å². The lowest BCUT2D eigenvalue weighted by Crippen LogP contribution is -2.28. The Morgan fingerprint density at radius 1 is 1.36 bits per heavy atom. The van der Waals surface area contributed by atoms with E-state index in [1.807, 2.05) is 19.2 Å². The van der Waals surface area contributed by atoms with Crippen LogP contribution in [0.5, 0.6) is 5.75 Å². The van der Waals surface area contributed by atoms with Gasteiger partial charge in [0.15, 0.2) is 5.96 Å². The molecule has 2 N–H and O–H groups in total. The average Bonchev–Trinajstić information content (AvgIpc) is 2.56. The van der Waals surface area contributed by atoms with Crippen LogP contribution in [0.2, 0.25) is 0 Å². The second kappa shape index (κ2) is 3.57. The summed E-state index contributed by atoms with van der Waals surface area (Å²) in [4.78, 5) is 6.37. The molecular formula is C10H13N3O. The summed E-state index contributed by atoms with van der Waals surface area (Å²) < 4.78 is 0. The van der Waals surface area contributed by atoms with Gasteiger partial charge in [-0.1, -0.05) is 0 Å². The Morgan fingerprint density at radius 2 is 2.07 bits per heavy atom. The van der Waals surface area contributed by atoms with Crippen LogP contribution in [0.4, 0.5) is 5.69 Å². The topological polar surface area (TPSA) is 47.9 Å². The van der Waals surface area contributed by atoms with Crippen LogP contribution >= 0.6 is 0 Å². The molecule has 1 aromatic carbocycles. The number of rotatable bonds is 1. The fourth-order valence-corrected chi connectivity index (χ4v) is 1.34. The number of benzene rings is 1. The van der Waals surface area contributed by atoms with E-state index in [9.17, 15) is 0 Å². The number of phenolic OH excluding ortho intramolecular Hbond substituents is 1. The minimum atomic E-state index is 0.275. The van der Waals surface area contributed by atoms with E-state index in [0.29, 0.717) is 0 Å². The minimum absolute atomic E-state index is 0.275. The van der Waals surface area contributed by atoms with Crippen LogP contribution in [0.15, 0.2) is 29.3 Å². The summed E-state index contributed by atoms with van der Waals surface area (Å²) in [6, 6.07) is 6.95. The van der Waals surface area contributed by atoms with Crippen LogP contribution < -0.4 is 5.32 Å². The fraction of sp³-hybridized carbons (Fsp3) is 0.300. The number of nitrogens with zero attached hydrogens (tertiary/aromatic N) is 2. The van der Waals surface area contributed by atoms with Crippen LogP contribution in [0.3, 0.4) is 0 Å². The highest BCUT2D eigenvalue weighted by atomic mass is 16.3. The van der Waals surface area contributed by atoms with Gasteiger partial charge in [0.05, 0.1) is 6.54 Å². The van der Waals surface area contributed by atoms with Crippen molar-refractivity contribution < 1.29 is 5.11 Å². The first-order valence-corrected chi connectivity index (χ1v) is 4.57. The van der Waals surface area contributed by atoms with Crippen molar-refractivity contribution in [1.82, 2.24) is 4.90 Å². The molecule has 2 rings (SSSR count). The molecule has 74 valence electrons. The number of anilines is 1. The molecule has 4 heteroatoms. The molecule has 1 aliphatic rings.